The van der Waals surface area contributed by atoms with E-state index in [1.807, 2.05) is 4.57 Å². The molecule has 2 aromatic carbocycles. The Hall–Kier alpha value is -4.06. The molecule has 34 heavy (non-hydrogen) atoms. The molecule has 1 N–H and O–H groups in total. The molecule has 0 saturated heterocycles. The number of allylic oxidation sites excluding steroid dienone is 6. The van der Waals surface area contributed by atoms with Crippen molar-refractivity contribution < 1.29 is 18.7 Å². The lowest BCUT2D eigenvalue weighted by Gasteiger charge is -2.21. The molecular weight excluding hydrogens is 436 g/mol. The summed E-state index contributed by atoms with van der Waals surface area (Å²) in [6, 6.07) is 13.7. The topological polar surface area (TPSA) is 59.3 Å². The molecule has 6 heteroatoms. The number of nitrogens with zero attached hydrogens (tertiary/aromatic N) is 1. The number of halogens is 2. The minimum absolute atomic E-state index is 0.275. The minimum Gasteiger partial charge on any atom is -0.477 e. The van der Waals surface area contributed by atoms with Crippen LogP contribution in [0.1, 0.15) is 46.4 Å². The van der Waals surface area contributed by atoms with Crippen LogP contribution >= 0.6 is 0 Å². The molecule has 0 spiro atoms. The maximum atomic E-state index is 13.8. The highest BCUT2D eigenvalue weighted by Crippen LogP contribution is 2.45. The summed E-state index contributed by atoms with van der Waals surface area (Å²) in [5.74, 6) is -1.98. The van der Waals surface area contributed by atoms with Gasteiger partial charge < -0.3 is 9.67 Å². The quantitative estimate of drug-likeness (QED) is 0.529. The number of aromatic nitrogens is 1. The molecule has 3 aromatic rings. The van der Waals surface area contributed by atoms with E-state index in [1.165, 1.54) is 36.5 Å². The highest BCUT2D eigenvalue weighted by atomic mass is 19.1. The first-order chi connectivity index (χ1) is 16.4. The zero-order valence-corrected chi connectivity index (χ0v) is 18.2. The molecule has 2 aliphatic rings. The summed E-state index contributed by atoms with van der Waals surface area (Å²) in [6.07, 6.45) is 7.71. The summed E-state index contributed by atoms with van der Waals surface area (Å²) in [7, 11) is 0. The van der Waals surface area contributed by atoms with Crippen molar-refractivity contribution in [2.45, 2.75) is 25.8 Å². The highest BCUT2D eigenvalue weighted by molar-refractivity contribution is 6.18. The van der Waals surface area contributed by atoms with E-state index in [0.29, 0.717) is 18.7 Å². The second kappa shape index (κ2) is 8.71. The molecule has 1 aliphatic heterocycles. The Kier molecular flexibility index (Phi) is 5.57. The van der Waals surface area contributed by atoms with Gasteiger partial charge in [-0.3, -0.25) is 4.79 Å². The second-order valence-corrected chi connectivity index (χ2v) is 8.39. The molecule has 1 aliphatic carbocycles. The zero-order chi connectivity index (χ0) is 23.8. The van der Waals surface area contributed by atoms with E-state index in [-0.39, 0.29) is 17.2 Å². The Balaban J connectivity index is 1.87. The van der Waals surface area contributed by atoms with Gasteiger partial charge in [-0.2, -0.15) is 0 Å². The summed E-state index contributed by atoms with van der Waals surface area (Å²) in [4.78, 5) is 24.3. The second-order valence-electron chi connectivity index (χ2n) is 8.39. The molecule has 170 valence electrons. The normalized spacial score (nSPS) is 15.5. The number of aromatic carboxylic acids is 1. The lowest BCUT2D eigenvalue weighted by Crippen LogP contribution is -2.19. The number of carbonyl (C=O) groups is 1. The Morgan fingerprint density at radius 2 is 1.53 bits per heavy atom. The predicted octanol–water partition coefficient (Wildman–Crippen LogP) is 5.94. The monoisotopic (exact) mass is 457 g/mol. The molecular formula is C28H21F2NO3. The first kappa shape index (κ1) is 21.8. The lowest BCUT2D eigenvalue weighted by molar-refractivity contribution is 0.0694. The first-order valence-electron chi connectivity index (χ1n) is 11.1. The van der Waals surface area contributed by atoms with Crippen LogP contribution in [0.15, 0.2) is 83.3 Å². The van der Waals surface area contributed by atoms with E-state index in [4.69, 9.17) is 0 Å². The number of aryl methyl sites for hydroxylation is 1. The largest absolute Gasteiger partial charge is 0.477 e. The van der Waals surface area contributed by atoms with Crippen molar-refractivity contribution in [3.05, 3.63) is 123 Å². The van der Waals surface area contributed by atoms with Gasteiger partial charge in [-0.05, 0) is 71.4 Å². The fourth-order valence-electron chi connectivity index (χ4n) is 4.72. The van der Waals surface area contributed by atoms with Crippen LogP contribution in [0.4, 0.5) is 8.78 Å². The molecule has 0 atom stereocenters. The van der Waals surface area contributed by atoms with Crippen LogP contribution in [-0.4, -0.2) is 15.6 Å². The first-order valence-corrected chi connectivity index (χ1v) is 11.1. The maximum Gasteiger partial charge on any atom is 0.341 e. The van der Waals surface area contributed by atoms with E-state index < -0.39 is 11.4 Å². The molecule has 0 saturated carbocycles. The van der Waals surface area contributed by atoms with E-state index in [1.54, 1.807) is 24.3 Å². The Labute approximate surface area is 194 Å². The van der Waals surface area contributed by atoms with Crippen LogP contribution in [-0.2, 0) is 6.54 Å². The van der Waals surface area contributed by atoms with Gasteiger partial charge in [0, 0.05) is 24.4 Å². The van der Waals surface area contributed by atoms with Crippen molar-refractivity contribution in [3.63, 3.8) is 0 Å². The number of carboxylic acids is 1. The Morgan fingerprint density at radius 1 is 0.882 bits per heavy atom. The third-order valence-corrected chi connectivity index (χ3v) is 6.27. The summed E-state index contributed by atoms with van der Waals surface area (Å²) in [6.45, 7) is 0.559. The minimum atomic E-state index is -1.26. The summed E-state index contributed by atoms with van der Waals surface area (Å²) >= 11 is 0. The van der Waals surface area contributed by atoms with Crippen LogP contribution < -0.4 is 5.43 Å². The molecule has 1 aromatic heterocycles. The van der Waals surface area contributed by atoms with Gasteiger partial charge in [0.1, 0.15) is 17.2 Å². The maximum absolute atomic E-state index is 13.8. The number of rotatable bonds is 3. The summed E-state index contributed by atoms with van der Waals surface area (Å²) < 4.78 is 29.3. The van der Waals surface area contributed by atoms with Crippen molar-refractivity contribution >= 4 is 22.7 Å². The smallest absolute Gasteiger partial charge is 0.341 e. The standard InChI is InChI=1S/C28H21F2NO3/c29-20-10-6-17(7-11-20)22-5-1-3-18-4-2-14-31-16-23(28(33)34)25(32)15-24(31)27(18)26(22)19-8-12-21(30)13-9-19/h3,5-13,15-16H,1-2,4,14H2,(H,33,34). The number of benzene rings is 2. The zero-order valence-electron chi connectivity index (χ0n) is 18.2. The molecule has 2 heterocycles. The fourth-order valence-corrected chi connectivity index (χ4v) is 4.72. The molecule has 5 rings (SSSR count). The third-order valence-electron chi connectivity index (χ3n) is 6.27. The number of hydrogen-bond donors (Lipinski definition) is 1. The van der Waals surface area contributed by atoms with Gasteiger partial charge in [-0.15, -0.1) is 0 Å². The van der Waals surface area contributed by atoms with Crippen LogP contribution in [0.25, 0.3) is 16.7 Å². The predicted molar refractivity (Wildman–Crippen MR) is 127 cm³/mol. The number of fused-ring (bicyclic) bond motifs is 3. The van der Waals surface area contributed by atoms with Gasteiger partial charge in [-0.1, -0.05) is 36.4 Å². The Bertz CT molecular complexity index is 1440. The summed E-state index contributed by atoms with van der Waals surface area (Å²) in [5.41, 5.74) is 4.82. The molecule has 0 fully saturated rings. The van der Waals surface area contributed by atoms with Gasteiger partial charge in [0.15, 0.2) is 5.43 Å². The van der Waals surface area contributed by atoms with Crippen molar-refractivity contribution in [3.8, 4) is 0 Å². The third kappa shape index (κ3) is 3.92. The number of hydrogen-bond acceptors (Lipinski definition) is 2. The van der Waals surface area contributed by atoms with Gasteiger partial charge in [0.05, 0.1) is 5.69 Å². The fraction of sp³-hybridized carbons (Fsp3) is 0.143. The van der Waals surface area contributed by atoms with Crippen LogP contribution in [0.2, 0.25) is 0 Å². The van der Waals surface area contributed by atoms with Gasteiger partial charge >= 0.3 is 5.97 Å². The van der Waals surface area contributed by atoms with Crippen molar-refractivity contribution in [2.75, 3.05) is 0 Å². The van der Waals surface area contributed by atoms with Crippen LogP contribution in [0, 0.1) is 11.6 Å². The number of carboxylic acid groups (broad SMARTS) is 1. The van der Waals surface area contributed by atoms with Crippen molar-refractivity contribution in [1.82, 2.24) is 4.57 Å². The molecule has 4 nitrogen and oxygen atoms in total. The van der Waals surface area contributed by atoms with E-state index in [9.17, 15) is 23.5 Å². The lowest BCUT2D eigenvalue weighted by atomic mass is 9.85. The molecule has 0 bridgehead atoms. The van der Waals surface area contributed by atoms with E-state index >= 15 is 0 Å². The molecule has 0 unspecified atom stereocenters. The summed E-state index contributed by atoms with van der Waals surface area (Å²) in [5, 5.41) is 9.47. The van der Waals surface area contributed by atoms with Crippen molar-refractivity contribution in [2.24, 2.45) is 0 Å². The molecule has 0 radical (unpaired) electrons. The average molecular weight is 457 g/mol. The van der Waals surface area contributed by atoms with Crippen LogP contribution in [0.5, 0.6) is 0 Å². The van der Waals surface area contributed by atoms with E-state index in [0.717, 1.165) is 46.3 Å². The van der Waals surface area contributed by atoms with Crippen molar-refractivity contribution in [1.29, 1.82) is 0 Å². The highest BCUT2D eigenvalue weighted by Gasteiger charge is 2.27. The SMILES string of the molecule is O=C(O)c1cn2c(cc1=O)C1=C(c3ccc(F)cc3)C(c3ccc(F)cc3)=CCC=C1CCC2. The molecule has 0 amide bonds. The van der Waals surface area contributed by atoms with Crippen LogP contribution in [0.3, 0.4) is 0 Å². The van der Waals surface area contributed by atoms with E-state index in [2.05, 4.69) is 12.2 Å². The van der Waals surface area contributed by atoms with Gasteiger partial charge in [0.2, 0.25) is 0 Å². The van der Waals surface area contributed by atoms with Gasteiger partial charge in [0.25, 0.3) is 0 Å². The Morgan fingerprint density at radius 3 is 2.18 bits per heavy atom. The average Bonchev–Trinajstić information content (AvgIpc) is 3.10. The number of pyridine rings is 1. The van der Waals surface area contributed by atoms with Gasteiger partial charge in [-0.25, -0.2) is 13.6 Å².